The lowest BCUT2D eigenvalue weighted by atomic mass is 9.95. The number of hydrogen-bond donors (Lipinski definition) is 2. The maximum atomic E-state index is 10.6. The van der Waals surface area contributed by atoms with E-state index in [1.54, 1.807) is 12.4 Å². The predicted molar refractivity (Wildman–Crippen MR) is 78.7 cm³/mol. The average Bonchev–Trinajstić information content (AvgIpc) is 2.77. The van der Waals surface area contributed by atoms with Gasteiger partial charge < -0.3 is 20.1 Å². The number of carboxylic acids is 1. The zero-order chi connectivity index (χ0) is 17.6. The van der Waals surface area contributed by atoms with Crippen LogP contribution in [0.4, 0.5) is 19.1 Å². The molecule has 3 heterocycles. The molecule has 0 radical (unpaired) electrons. The first-order valence-electron chi connectivity index (χ1n) is 7.52. The molecule has 24 heavy (non-hydrogen) atoms. The molecule has 0 unspecified atom stereocenters. The van der Waals surface area contributed by atoms with Crippen LogP contribution in [0.3, 0.4) is 0 Å². The van der Waals surface area contributed by atoms with Gasteiger partial charge in [0.25, 0.3) is 0 Å². The minimum Gasteiger partial charge on any atom is -0.475 e. The summed E-state index contributed by atoms with van der Waals surface area (Å²) in [5.74, 6) is -1.33. The van der Waals surface area contributed by atoms with E-state index in [9.17, 15) is 13.2 Å². The summed E-state index contributed by atoms with van der Waals surface area (Å²) in [4.78, 5) is 19.8. The minimum atomic E-state index is -5.08. The number of anilines is 1. The van der Waals surface area contributed by atoms with Crippen molar-refractivity contribution in [3.05, 3.63) is 18.5 Å². The molecule has 2 atom stereocenters. The lowest BCUT2D eigenvalue weighted by molar-refractivity contribution is -0.192. The molecular weight excluding hydrogens is 329 g/mol. The summed E-state index contributed by atoms with van der Waals surface area (Å²) in [7, 11) is 0. The molecule has 2 aliphatic rings. The molecule has 2 fully saturated rings. The highest BCUT2D eigenvalue weighted by molar-refractivity contribution is 5.73. The Morgan fingerprint density at radius 2 is 2.04 bits per heavy atom. The molecular formula is C14H19F3N4O3. The first-order chi connectivity index (χ1) is 11.4. The molecule has 2 saturated heterocycles. The summed E-state index contributed by atoms with van der Waals surface area (Å²) in [6, 6.07) is 1.85. The van der Waals surface area contributed by atoms with Gasteiger partial charge in [0.2, 0.25) is 5.95 Å². The zero-order valence-corrected chi connectivity index (χ0v) is 12.9. The van der Waals surface area contributed by atoms with E-state index in [1.165, 1.54) is 6.42 Å². The van der Waals surface area contributed by atoms with Crippen molar-refractivity contribution in [1.82, 2.24) is 15.3 Å². The Balaban J connectivity index is 0.000000256. The van der Waals surface area contributed by atoms with Crippen LogP contribution in [0.5, 0.6) is 0 Å². The third-order valence-electron chi connectivity index (χ3n) is 3.79. The summed E-state index contributed by atoms with van der Waals surface area (Å²) < 4.78 is 37.6. The number of carbonyl (C=O) groups is 1. The number of aromatic nitrogens is 2. The molecule has 3 rings (SSSR count). The number of aliphatic carboxylic acids is 1. The van der Waals surface area contributed by atoms with Gasteiger partial charge in [-0.1, -0.05) is 0 Å². The molecule has 2 aliphatic heterocycles. The van der Waals surface area contributed by atoms with Gasteiger partial charge in [-0.3, -0.25) is 0 Å². The van der Waals surface area contributed by atoms with Gasteiger partial charge in [-0.15, -0.1) is 0 Å². The monoisotopic (exact) mass is 348 g/mol. The van der Waals surface area contributed by atoms with Gasteiger partial charge in [0.1, 0.15) is 0 Å². The first kappa shape index (κ1) is 18.4. The van der Waals surface area contributed by atoms with Crippen LogP contribution in [0.15, 0.2) is 18.5 Å². The third-order valence-corrected chi connectivity index (χ3v) is 3.79. The van der Waals surface area contributed by atoms with E-state index >= 15 is 0 Å². The molecule has 1 aromatic heterocycles. The maximum Gasteiger partial charge on any atom is 0.490 e. The van der Waals surface area contributed by atoms with Gasteiger partial charge in [-0.2, -0.15) is 13.2 Å². The first-order valence-corrected chi connectivity index (χ1v) is 7.52. The van der Waals surface area contributed by atoms with Gasteiger partial charge in [0, 0.05) is 37.9 Å². The number of hydrogen-bond acceptors (Lipinski definition) is 6. The molecule has 0 amide bonds. The van der Waals surface area contributed by atoms with E-state index in [4.69, 9.17) is 14.6 Å². The van der Waals surface area contributed by atoms with E-state index in [2.05, 4.69) is 20.2 Å². The number of alkyl halides is 3. The Hall–Kier alpha value is -1.94. The van der Waals surface area contributed by atoms with E-state index < -0.39 is 12.1 Å². The fourth-order valence-electron chi connectivity index (χ4n) is 2.61. The van der Waals surface area contributed by atoms with E-state index in [0.29, 0.717) is 12.0 Å². The van der Waals surface area contributed by atoms with Gasteiger partial charge >= 0.3 is 12.1 Å². The molecule has 0 bridgehead atoms. The Morgan fingerprint density at radius 3 is 2.67 bits per heavy atom. The normalized spacial score (nSPS) is 24.2. The predicted octanol–water partition coefficient (Wildman–Crippen LogP) is 0.925. The van der Waals surface area contributed by atoms with Gasteiger partial charge in [-0.25, -0.2) is 14.8 Å². The highest BCUT2D eigenvalue weighted by atomic mass is 19.4. The highest BCUT2D eigenvalue weighted by Crippen LogP contribution is 2.22. The van der Waals surface area contributed by atoms with Gasteiger partial charge in [-0.05, 0) is 19.0 Å². The number of fused-ring (bicyclic) bond motifs is 1. The minimum absolute atomic E-state index is 0.359. The van der Waals surface area contributed by atoms with Crippen molar-refractivity contribution in [2.24, 2.45) is 5.92 Å². The van der Waals surface area contributed by atoms with E-state index in [1.807, 2.05) is 6.07 Å². The summed E-state index contributed by atoms with van der Waals surface area (Å²) in [5, 5.41) is 10.5. The fraction of sp³-hybridized carbons (Fsp3) is 0.643. The number of piperidine rings is 1. The van der Waals surface area contributed by atoms with E-state index in [-0.39, 0.29) is 0 Å². The van der Waals surface area contributed by atoms with Crippen LogP contribution < -0.4 is 10.2 Å². The number of nitrogens with zero attached hydrogens (tertiary/aromatic N) is 3. The Labute approximate surface area is 136 Å². The van der Waals surface area contributed by atoms with Crippen LogP contribution in [0.2, 0.25) is 0 Å². The number of halogens is 3. The fourth-order valence-corrected chi connectivity index (χ4v) is 2.61. The smallest absolute Gasteiger partial charge is 0.475 e. The van der Waals surface area contributed by atoms with Gasteiger partial charge in [0.15, 0.2) is 0 Å². The number of rotatable bonds is 1. The Morgan fingerprint density at radius 1 is 1.38 bits per heavy atom. The van der Waals surface area contributed by atoms with Crippen molar-refractivity contribution >= 4 is 11.9 Å². The second kappa shape index (κ2) is 8.25. The van der Waals surface area contributed by atoms with E-state index in [0.717, 1.165) is 38.7 Å². The quantitative estimate of drug-likeness (QED) is 0.780. The topological polar surface area (TPSA) is 87.6 Å². The van der Waals surface area contributed by atoms with Crippen LogP contribution in [-0.2, 0) is 9.53 Å². The Kier molecular flexibility index (Phi) is 6.32. The third kappa shape index (κ3) is 5.31. The standard InChI is InChI=1S/C12H18N4O.C2HF3O2/c1-3-14-12(15-4-1)16-6-7-17-11-8-13-5-2-10(11)9-16;3-2(4,5)1(6)7/h1,3-4,10-11,13H,2,5-9H2;(H,6,7)/t10-,11-;/m1./s1. The molecule has 134 valence electrons. The second-order valence-electron chi connectivity index (χ2n) is 5.46. The number of ether oxygens (including phenoxy) is 1. The second-order valence-corrected chi connectivity index (χ2v) is 5.46. The largest absolute Gasteiger partial charge is 0.490 e. The molecule has 7 nitrogen and oxygen atoms in total. The summed E-state index contributed by atoms with van der Waals surface area (Å²) in [6.45, 7) is 4.73. The molecule has 10 heteroatoms. The van der Waals surface area contributed by atoms with Gasteiger partial charge in [0.05, 0.1) is 12.7 Å². The Bertz CT molecular complexity index is 530. The van der Waals surface area contributed by atoms with Crippen molar-refractivity contribution in [3.8, 4) is 0 Å². The molecule has 2 N–H and O–H groups in total. The lowest BCUT2D eigenvalue weighted by Crippen LogP contribution is -2.44. The molecule has 0 saturated carbocycles. The van der Waals surface area contributed by atoms with Crippen LogP contribution >= 0.6 is 0 Å². The van der Waals surface area contributed by atoms with Crippen molar-refractivity contribution in [2.45, 2.75) is 18.7 Å². The number of nitrogens with one attached hydrogen (secondary N) is 1. The summed E-state index contributed by atoms with van der Waals surface area (Å²) in [5.41, 5.74) is 0. The van der Waals surface area contributed by atoms with Crippen LogP contribution in [0.25, 0.3) is 0 Å². The molecule has 1 aromatic rings. The number of carboxylic acid groups (broad SMARTS) is 1. The zero-order valence-electron chi connectivity index (χ0n) is 12.9. The molecule has 0 spiro atoms. The van der Waals surface area contributed by atoms with Crippen LogP contribution in [0, 0.1) is 5.92 Å². The van der Waals surface area contributed by atoms with Crippen molar-refractivity contribution in [2.75, 3.05) is 37.7 Å². The average molecular weight is 348 g/mol. The maximum absolute atomic E-state index is 10.6. The van der Waals surface area contributed by atoms with Crippen molar-refractivity contribution in [1.29, 1.82) is 0 Å². The van der Waals surface area contributed by atoms with Crippen LogP contribution in [-0.4, -0.2) is 66.1 Å². The molecule has 0 aromatic carbocycles. The lowest BCUT2D eigenvalue weighted by Gasteiger charge is -2.31. The summed E-state index contributed by atoms with van der Waals surface area (Å²) in [6.07, 6.45) is 0.0492. The SMILES string of the molecule is O=C(O)C(F)(F)F.c1cnc(N2CCO[C@@H]3CNCC[C@@H]3C2)nc1. The summed E-state index contributed by atoms with van der Waals surface area (Å²) >= 11 is 0. The van der Waals surface area contributed by atoms with Crippen molar-refractivity contribution < 1.29 is 27.8 Å². The highest BCUT2D eigenvalue weighted by Gasteiger charge is 2.38. The van der Waals surface area contributed by atoms with Crippen LogP contribution in [0.1, 0.15) is 6.42 Å². The van der Waals surface area contributed by atoms with Crippen molar-refractivity contribution in [3.63, 3.8) is 0 Å². The molecule has 0 aliphatic carbocycles.